The normalized spacial score (nSPS) is 13.0. The highest BCUT2D eigenvalue weighted by Gasteiger charge is 2.25. The van der Waals surface area contributed by atoms with Crippen molar-refractivity contribution < 1.29 is 9.18 Å². The fourth-order valence-electron chi connectivity index (χ4n) is 3.89. The summed E-state index contributed by atoms with van der Waals surface area (Å²) in [7, 11) is 4.01. The number of hydrogen-bond acceptors (Lipinski definition) is 5. The van der Waals surface area contributed by atoms with Crippen LogP contribution in [-0.4, -0.2) is 39.8 Å². The van der Waals surface area contributed by atoms with E-state index in [4.69, 9.17) is 5.73 Å². The van der Waals surface area contributed by atoms with Crippen molar-refractivity contribution in [2.45, 2.75) is 33.0 Å². The summed E-state index contributed by atoms with van der Waals surface area (Å²) in [4.78, 5) is 26.0. The van der Waals surface area contributed by atoms with Gasteiger partial charge in [0, 0.05) is 31.4 Å². The van der Waals surface area contributed by atoms with Crippen LogP contribution < -0.4 is 5.73 Å². The number of fused-ring (bicyclic) bond motifs is 1. The molecule has 0 aliphatic carbocycles. The summed E-state index contributed by atoms with van der Waals surface area (Å²) < 4.78 is 13.5. The van der Waals surface area contributed by atoms with Crippen molar-refractivity contribution in [3.8, 4) is 11.3 Å². The van der Waals surface area contributed by atoms with E-state index in [0.717, 1.165) is 34.5 Å². The summed E-state index contributed by atoms with van der Waals surface area (Å²) in [6.45, 7) is 3.70. The third-order valence-corrected chi connectivity index (χ3v) is 5.49. The van der Waals surface area contributed by atoms with Crippen LogP contribution in [0.4, 0.5) is 10.1 Å². The van der Waals surface area contributed by atoms with Crippen LogP contribution in [0.3, 0.4) is 0 Å². The second-order valence-electron chi connectivity index (χ2n) is 8.30. The van der Waals surface area contributed by atoms with E-state index in [2.05, 4.69) is 20.9 Å². The maximum Gasteiger partial charge on any atom is 0.229 e. The highest BCUT2D eigenvalue weighted by atomic mass is 19.1. The average Bonchev–Trinajstić information content (AvgIpc) is 3.13. The first-order chi connectivity index (χ1) is 14.8. The Kier molecular flexibility index (Phi) is 5.69. The van der Waals surface area contributed by atoms with Gasteiger partial charge in [0.05, 0.1) is 29.2 Å². The number of carbonyl (C=O) groups excluding carboxylic acids is 1. The van der Waals surface area contributed by atoms with Crippen molar-refractivity contribution >= 4 is 11.6 Å². The van der Waals surface area contributed by atoms with E-state index in [1.54, 1.807) is 18.2 Å². The summed E-state index contributed by atoms with van der Waals surface area (Å²) in [6, 6.07) is 10.2. The summed E-state index contributed by atoms with van der Waals surface area (Å²) in [6.07, 6.45) is 1.98. The van der Waals surface area contributed by atoms with Crippen LogP contribution in [0.15, 0.2) is 42.6 Å². The molecule has 0 atom stereocenters. The van der Waals surface area contributed by atoms with Gasteiger partial charge in [-0.15, -0.1) is 0 Å². The molecule has 31 heavy (non-hydrogen) atoms. The zero-order chi connectivity index (χ0) is 22.1. The smallest absolute Gasteiger partial charge is 0.229 e. The number of nitrogens with two attached hydrogens (primary N) is 1. The Morgan fingerprint density at radius 2 is 1.94 bits per heavy atom. The molecule has 0 fully saturated rings. The molecule has 3 heterocycles. The zero-order valence-electron chi connectivity index (χ0n) is 18.0. The molecule has 0 saturated heterocycles. The van der Waals surface area contributed by atoms with Gasteiger partial charge < -0.3 is 15.5 Å². The molecule has 0 radical (unpaired) electrons. The lowest BCUT2D eigenvalue weighted by molar-refractivity contribution is -0.131. The molecule has 6 nitrogen and oxygen atoms in total. The van der Waals surface area contributed by atoms with Crippen molar-refractivity contribution in [2.24, 2.45) is 0 Å². The van der Waals surface area contributed by atoms with E-state index in [1.807, 2.05) is 32.1 Å². The molecule has 1 aliphatic heterocycles. The van der Waals surface area contributed by atoms with Crippen LogP contribution in [0.25, 0.3) is 11.3 Å². The molecule has 2 N–H and O–H groups in total. The van der Waals surface area contributed by atoms with E-state index < -0.39 is 0 Å². The number of nitrogen functional groups attached to an aromatic ring is 1. The van der Waals surface area contributed by atoms with Gasteiger partial charge in [0.2, 0.25) is 5.91 Å². The van der Waals surface area contributed by atoms with Crippen LogP contribution in [0.1, 0.15) is 28.1 Å². The third-order valence-electron chi connectivity index (χ3n) is 5.49. The third kappa shape index (κ3) is 4.56. The minimum atomic E-state index is -0.288. The predicted molar refractivity (Wildman–Crippen MR) is 118 cm³/mol. The highest BCUT2D eigenvalue weighted by Crippen LogP contribution is 2.27. The number of aryl methyl sites for hydroxylation is 1. The van der Waals surface area contributed by atoms with Gasteiger partial charge in [0.15, 0.2) is 0 Å². The standard InChI is InChI=1S/C24H26FN5O/c1-15-8-18(25)4-5-20(15)22-7-6-21(26)23(28-22)10-24(31)30-12-16-9-19(14-29(2)3)27-11-17(16)13-30/h4-9,11H,10,12-14,26H2,1-3H3. The van der Waals surface area contributed by atoms with Crippen molar-refractivity contribution in [3.63, 3.8) is 0 Å². The summed E-state index contributed by atoms with van der Waals surface area (Å²) in [5.74, 6) is -0.318. The summed E-state index contributed by atoms with van der Waals surface area (Å²) in [5.41, 5.74) is 12.6. The van der Waals surface area contributed by atoms with E-state index in [-0.39, 0.29) is 18.1 Å². The Bertz CT molecular complexity index is 1140. The first-order valence-electron chi connectivity index (χ1n) is 10.2. The number of aromatic nitrogens is 2. The quantitative estimate of drug-likeness (QED) is 0.687. The Balaban J connectivity index is 1.51. The minimum Gasteiger partial charge on any atom is -0.397 e. The summed E-state index contributed by atoms with van der Waals surface area (Å²) in [5, 5.41) is 0. The number of carbonyl (C=O) groups is 1. The second-order valence-corrected chi connectivity index (χ2v) is 8.30. The van der Waals surface area contributed by atoms with Crippen LogP contribution in [0, 0.1) is 12.7 Å². The lowest BCUT2D eigenvalue weighted by Crippen LogP contribution is -2.27. The maximum atomic E-state index is 13.5. The van der Waals surface area contributed by atoms with Gasteiger partial charge in [-0.2, -0.15) is 0 Å². The van der Waals surface area contributed by atoms with Gasteiger partial charge >= 0.3 is 0 Å². The molecule has 0 bridgehead atoms. The zero-order valence-corrected chi connectivity index (χ0v) is 18.0. The van der Waals surface area contributed by atoms with Gasteiger partial charge in [-0.3, -0.25) is 14.8 Å². The van der Waals surface area contributed by atoms with E-state index >= 15 is 0 Å². The monoisotopic (exact) mass is 419 g/mol. The number of amides is 1. The van der Waals surface area contributed by atoms with Gasteiger partial charge in [0.1, 0.15) is 5.82 Å². The number of benzene rings is 1. The van der Waals surface area contributed by atoms with E-state index in [9.17, 15) is 9.18 Å². The molecule has 0 saturated carbocycles. The molecule has 7 heteroatoms. The van der Waals surface area contributed by atoms with Gasteiger partial charge in [0.25, 0.3) is 0 Å². The maximum absolute atomic E-state index is 13.5. The lowest BCUT2D eigenvalue weighted by Gasteiger charge is -2.16. The van der Waals surface area contributed by atoms with Crippen molar-refractivity contribution in [2.75, 3.05) is 19.8 Å². The van der Waals surface area contributed by atoms with Crippen LogP contribution in [0.2, 0.25) is 0 Å². The fourth-order valence-corrected chi connectivity index (χ4v) is 3.89. The number of rotatable bonds is 5. The molecular formula is C24H26FN5O. The topological polar surface area (TPSA) is 75.4 Å². The largest absolute Gasteiger partial charge is 0.397 e. The van der Waals surface area contributed by atoms with Crippen LogP contribution >= 0.6 is 0 Å². The molecule has 0 unspecified atom stereocenters. The van der Waals surface area contributed by atoms with Crippen LogP contribution in [-0.2, 0) is 30.8 Å². The Labute approximate surface area is 181 Å². The molecule has 3 aromatic rings. The molecule has 1 aliphatic rings. The predicted octanol–water partition coefficient (Wildman–Crippen LogP) is 3.32. The Morgan fingerprint density at radius 1 is 1.16 bits per heavy atom. The Morgan fingerprint density at radius 3 is 2.68 bits per heavy atom. The van der Waals surface area contributed by atoms with E-state index in [1.165, 1.54) is 12.1 Å². The highest BCUT2D eigenvalue weighted by molar-refractivity contribution is 5.81. The lowest BCUT2D eigenvalue weighted by atomic mass is 10.0. The number of hydrogen-bond donors (Lipinski definition) is 1. The molecule has 0 spiro atoms. The number of pyridine rings is 2. The SMILES string of the molecule is Cc1cc(F)ccc1-c1ccc(N)c(CC(=O)N2Cc3cnc(CN(C)C)cc3C2)n1. The molecule has 2 aromatic heterocycles. The van der Waals surface area contributed by atoms with Gasteiger partial charge in [-0.1, -0.05) is 0 Å². The van der Waals surface area contributed by atoms with Crippen molar-refractivity contribution in [3.05, 3.63) is 76.5 Å². The average molecular weight is 420 g/mol. The number of halogens is 1. The van der Waals surface area contributed by atoms with E-state index in [0.29, 0.717) is 30.2 Å². The van der Waals surface area contributed by atoms with Crippen molar-refractivity contribution in [1.29, 1.82) is 0 Å². The number of anilines is 1. The summed E-state index contributed by atoms with van der Waals surface area (Å²) >= 11 is 0. The van der Waals surface area contributed by atoms with Crippen LogP contribution in [0.5, 0.6) is 0 Å². The first-order valence-corrected chi connectivity index (χ1v) is 10.2. The number of nitrogens with zero attached hydrogens (tertiary/aromatic N) is 4. The minimum absolute atomic E-state index is 0.0301. The molecular weight excluding hydrogens is 393 g/mol. The fraction of sp³-hybridized carbons (Fsp3) is 0.292. The molecule has 4 rings (SSSR count). The molecule has 1 aromatic carbocycles. The van der Waals surface area contributed by atoms with Gasteiger partial charge in [-0.05, 0) is 74.1 Å². The Hall–Kier alpha value is -3.32. The first kappa shape index (κ1) is 20.9. The second kappa shape index (κ2) is 8.43. The molecule has 160 valence electrons. The molecule has 1 amide bonds. The van der Waals surface area contributed by atoms with Gasteiger partial charge in [-0.25, -0.2) is 4.39 Å². The van der Waals surface area contributed by atoms with Crippen molar-refractivity contribution in [1.82, 2.24) is 19.8 Å².